The average molecular weight is 533 g/mol. The minimum Gasteiger partial charge on any atom is -0.493 e. The van der Waals surface area contributed by atoms with Gasteiger partial charge >= 0.3 is 0 Å². The Labute approximate surface area is 233 Å². The molecule has 1 aliphatic heterocycles. The van der Waals surface area contributed by atoms with Crippen LogP contribution in [0.1, 0.15) is 50.5 Å². The third kappa shape index (κ3) is 4.56. The number of hydrogen-bond acceptors (Lipinski definition) is 7. The van der Waals surface area contributed by atoms with Crippen LogP contribution in [-0.4, -0.2) is 32.9 Å². The molecule has 40 heavy (non-hydrogen) atoms. The summed E-state index contributed by atoms with van der Waals surface area (Å²) in [5.41, 5.74) is 12.8. The zero-order valence-corrected chi connectivity index (χ0v) is 23.4. The van der Waals surface area contributed by atoms with E-state index in [1.54, 1.807) is 19.3 Å². The quantitative estimate of drug-likeness (QED) is 0.266. The Morgan fingerprint density at radius 3 is 2.52 bits per heavy atom. The van der Waals surface area contributed by atoms with Crippen LogP contribution in [0.5, 0.6) is 5.75 Å². The Morgan fingerprint density at radius 2 is 1.80 bits per heavy atom. The van der Waals surface area contributed by atoms with Crippen molar-refractivity contribution in [2.45, 2.75) is 52.7 Å². The molecule has 0 radical (unpaired) electrons. The fourth-order valence-electron chi connectivity index (χ4n) is 5.66. The van der Waals surface area contributed by atoms with Gasteiger partial charge in [0, 0.05) is 41.5 Å². The van der Waals surface area contributed by atoms with Crippen LogP contribution < -0.4 is 10.5 Å². The van der Waals surface area contributed by atoms with Gasteiger partial charge in [-0.3, -0.25) is 9.78 Å². The standard InChI is InChI=1S/C33H32N4O3/c1-18-14-22-15-21(23-16-36-32(34)37-17-23)6-7-24(22)29(27(18)31(19(2)38)40-33(3,4)5)25-8-9-26-28-20(11-13-39-26)10-12-35-30(25)28/h6-10,12,14-17,31H,11,13H2,1-5H3,(H2,34,36,37)/t31-/m1/s1. The first-order valence-electron chi connectivity index (χ1n) is 13.5. The van der Waals surface area contributed by atoms with Crippen molar-refractivity contribution in [3.63, 3.8) is 0 Å². The van der Waals surface area contributed by atoms with Gasteiger partial charge in [-0.2, -0.15) is 0 Å². The molecule has 0 saturated carbocycles. The van der Waals surface area contributed by atoms with Gasteiger partial charge in [0.1, 0.15) is 11.9 Å². The van der Waals surface area contributed by atoms with Crippen LogP contribution in [0.25, 0.3) is 43.9 Å². The first-order chi connectivity index (χ1) is 19.1. The zero-order chi connectivity index (χ0) is 28.2. The molecule has 0 fully saturated rings. The number of rotatable bonds is 5. The highest BCUT2D eigenvalue weighted by atomic mass is 16.5. The van der Waals surface area contributed by atoms with Crippen LogP contribution >= 0.6 is 0 Å². The number of aromatic nitrogens is 3. The second kappa shape index (κ2) is 9.68. The van der Waals surface area contributed by atoms with Gasteiger partial charge in [0.15, 0.2) is 5.78 Å². The number of ether oxygens (including phenoxy) is 2. The molecule has 0 bridgehead atoms. The normalized spacial score (nSPS) is 13.8. The van der Waals surface area contributed by atoms with Gasteiger partial charge in [-0.05, 0) is 97.5 Å². The molecule has 0 spiro atoms. The summed E-state index contributed by atoms with van der Waals surface area (Å²) in [4.78, 5) is 26.4. The third-order valence-corrected chi connectivity index (χ3v) is 7.33. The summed E-state index contributed by atoms with van der Waals surface area (Å²) in [5, 5.41) is 3.06. The molecule has 1 aliphatic rings. The van der Waals surface area contributed by atoms with Crippen molar-refractivity contribution in [1.29, 1.82) is 0 Å². The summed E-state index contributed by atoms with van der Waals surface area (Å²) >= 11 is 0. The van der Waals surface area contributed by atoms with E-state index in [4.69, 9.17) is 20.2 Å². The number of pyridine rings is 1. The summed E-state index contributed by atoms with van der Waals surface area (Å²) in [5.74, 6) is 1.03. The number of fused-ring (bicyclic) bond motifs is 1. The molecule has 2 N–H and O–H groups in total. The van der Waals surface area contributed by atoms with Gasteiger partial charge in [0.25, 0.3) is 0 Å². The van der Waals surface area contributed by atoms with Crippen molar-refractivity contribution in [2.75, 3.05) is 12.3 Å². The molecule has 0 saturated heterocycles. The van der Waals surface area contributed by atoms with Gasteiger partial charge < -0.3 is 15.2 Å². The minimum atomic E-state index is -0.744. The lowest BCUT2D eigenvalue weighted by Crippen LogP contribution is -2.27. The molecule has 6 rings (SSSR count). The molecule has 7 heteroatoms. The van der Waals surface area contributed by atoms with E-state index in [1.807, 2.05) is 40.0 Å². The minimum absolute atomic E-state index is 0.0479. The number of anilines is 1. The Hall–Kier alpha value is -4.36. The molecule has 7 nitrogen and oxygen atoms in total. The molecule has 0 amide bonds. The van der Waals surface area contributed by atoms with Crippen LogP contribution in [0.2, 0.25) is 0 Å². The van der Waals surface area contributed by atoms with Crippen molar-refractivity contribution in [3.8, 4) is 28.0 Å². The Bertz CT molecular complexity index is 1780. The van der Waals surface area contributed by atoms with E-state index in [-0.39, 0.29) is 11.7 Å². The van der Waals surface area contributed by atoms with Gasteiger partial charge in [0.05, 0.1) is 17.7 Å². The number of nitrogens with zero attached hydrogens (tertiary/aromatic N) is 3. The zero-order valence-electron chi connectivity index (χ0n) is 23.4. The van der Waals surface area contributed by atoms with E-state index in [2.05, 4.69) is 46.4 Å². The second-order valence-electron chi connectivity index (χ2n) is 11.4. The van der Waals surface area contributed by atoms with E-state index in [1.165, 1.54) is 5.56 Å². The number of aryl methyl sites for hydroxylation is 1. The van der Waals surface area contributed by atoms with Gasteiger partial charge in [0.2, 0.25) is 5.95 Å². The van der Waals surface area contributed by atoms with Crippen molar-refractivity contribution in [2.24, 2.45) is 0 Å². The highest BCUT2D eigenvalue weighted by Gasteiger charge is 2.31. The highest BCUT2D eigenvalue weighted by Crippen LogP contribution is 2.45. The molecule has 5 aromatic rings. The van der Waals surface area contributed by atoms with Gasteiger partial charge in [-0.1, -0.05) is 18.2 Å². The number of Topliss-reactive ketones (excluding diaryl/α,β-unsaturated/α-hetero) is 1. The molecule has 3 aromatic carbocycles. The number of carbonyl (C=O) groups excluding carboxylic acids is 1. The van der Waals surface area contributed by atoms with Crippen molar-refractivity contribution in [3.05, 3.63) is 77.7 Å². The number of benzene rings is 3. The Balaban J connectivity index is 1.69. The smallest absolute Gasteiger partial charge is 0.219 e. The fraction of sp³-hybridized carbons (Fsp3) is 0.273. The van der Waals surface area contributed by atoms with Gasteiger partial charge in [-0.15, -0.1) is 0 Å². The largest absolute Gasteiger partial charge is 0.493 e. The van der Waals surface area contributed by atoms with Crippen LogP contribution in [0, 0.1) is 6.92 Å². The number of nitrogens with two attached hydrogens (primary N) is 1. The lowest BCUT2D eigenvalue weighted by Gasteiger charge is -2.30. The average Bonchev–Trinajstić information content (AvgIpc) is 2.91. The molecule has 3 heterocycles. The number of hydrogen-bond donors (Lipinski definition) is 1. The van der Waals surface area contributed by atoms with Crippen LogP contribution in [0.3, 0.4) is 0 Å². The van der Waals surface area contributed by atoms with Crippen molar-refractivity contribution >= 4 is 33.4 Å². The molecule has 0 unspecified atom stereocenters. The van der Waals surface area contributed by atoms with Crippen LogP contribution in [-0.2, 0) is 16.0 Å². The molecule has 1 atom stereocenters. The summed E-state index contributed by atoms with van der Waals surface area (Å²) in [7, 11) is 0. The predicted octanol–water partition coefficient (Wildman–Crippen LogP) is 6.78. The number of carbonyl (C=O) groups is 1. The van der Waals surface area contributed by atoms with Crippen LogP contribution in [0.15, 0.2) is 61.1 Å². The third-order valence-electron chi connectivity index (χ3n) is 7.33. The molecular weight excluding hydrogens is 500 g/mol. The molecule has 2 aromatic heterocycles. The summed E-state index contributed by atoms with van der Waals surface area (Å²) in [6.07, 6.45) is 5.40. The summed E-state index contributed by atoms with van der Waals surface area (Å²) < 4.78 is 12.5. The highest BCUT2D eigenvalue weighted by molar-refractivity contribution is 6.09. The number of ketones is 1. The Morgan fingerprint density at radius 1 is 1.02 bits per heavy atom. The molecule has 0 aliphatic carbocycles. The maximum Gasteiger partial charge on any atom is 0.219 e. The molecular formula is C33H32N4O3. The van der Waals surface area contributed by atoms with E-state index in [0.717, 1.165) is 67.2 Å². The predicted molar refractivity (Wildman–Crippen MR) is 158 cm³/mol. The topological polar surface area (TPSA) is 100 Å². The lowest BCUT2D eigenvalue weighted by molar-refractivity contribution is -0.138. The van der Waals surface area contributed by atoms with Crippen LogP contribution in [0.4, 0.5) is 5.95 Å². The second-order valence-corrected chi connectivity index (χ2v) is 11.4. The maximum atomic E-state index is 13.2. The van der Waals surface area contributed by atoms with E-state index in [9.17, 15) is 4.79 Å². The summed E-state index contributed by atoms with van der Waals surface area (Å²) in [6, 6.07) is 14.5. The van der Waals surface area contributed by atoms with E-state index in [0.29, 0.717) is 6.61 Å². The summed E-state index contributed by atoms with van der Waals surface area (Å²) in [6.45, 7) is 10.2. The van der Waals surface area contributed by atoms with Gasteiger partial charge in [-0.25, -0.2) is 9.97 Å². The van der Waals surface area contributed by atoms with Crippen molar-refractivity contribution < 1.29 is 14.3 Å². The monoisotopic (exact) mass is 532 g/mol. The van der Waals surface area contributed by atoms with E-state index >= 15 is 0 Å². The SMILES string of the molecule is CC(=O)[C@@H](OC(C)(C)C)c1c(C)cc2cc(-c3cnc(N)nc3)ccc2c1-c1ccc2c3c(ccnc13)CCO2. The molecule has 202 valence electrons. The first-order valence-corrected chi connectivity index (χ1v) is 13.5. The first kappa shape index (κ1) is 25.9. The Kier molecular flexibility index (Phi) is 6.27. The fourth-order valence-corrected chi connectivity index (χ4v) is 5.66. The van der Waals surface area contributed by atoms with E-state index < -0.39 is 11.7 Å². The number of nitrogen functional groups attached to an aromatic ring is 1. The maximum absolute atomic E-state index is 13.2. The van der Waals surface area contributed by atoms with Crippen molar-refractivity contribution in [1.82, 2.24) is 15.0 Å². The lowest BCUT2D eigenvalue weighted by atomic mass is 9.84.